The van der Waals surface area contributed by atoms with Gasteiger partial charge in [-0.25, -0.2) is 0 Å². The van der Waals surface area contributed by atoms with E-state index in [0.717, 1.165) is 29.9 Å². The van der Waals surface area contributed by atoms with Crippen molar-refractivity contribution in [2.45, 2.75) is 96.9 Å². The van der Waals surface area contributed by atoms with Crippen LogP contribution >= 0.6 is 0 Å². The zero-order valence-corrected chi connectivity index (χ0v) is 22.9. The molecule has 0 bridgehead atoms. The van der Waals surface area contributed by atoms with Crippen LogP contribution in [0, 0.1) is 11.8 Å². The van der Waals surface area contributed by atoms with Gasteiger partial charge in [-0.1, -0.05) is 0 Å². The van der Waals surface area contributed by atoms with Crippen molar-refractivity contribution in [2.75, 3.05) is 20.2 Å². The zero-order chi connectivity index (χ0) is 26.4. The van der Waals surface area contributed by atoms with Crippen molar-refractivity contribution >= 4 is 11.8 Å². The number of piperidine rings is 1. The summed E-state index contributed by atoms with van der Waals surface area (Å²) < 4.78 is 24.6. The molecule has 6 atom stereocenters. The second-order valence-corrected chi connectivity index (χ2v) is 12.0. The normalized spacial score (nSPS) is 28.5. The first-order valence-corrected chi connectivity index (χ1v) is 13.0. The van der Waals surface area contributed by atoms with Crippen LogP contribution in [0.2, 0.25) is 0 Å². The Kier molecular flexibility index (Phi) is 7.32. The quantitative estimate of drug-likeness (QED) is 0.658. The predicted molar refractivity (Wildman–Crippen MR) is 136 cm³/mol. The van der Waals surface area contributed by atoms with E-state index in [9.17, 15) is 9.59 Å². The first-order valence-electron chi connectivity index (χ1n) is 13.0. The van der Waals surface area contributed by atoms with Crippen LogP contribution in [-0.4, -0.2) is 66.4 Å². The number of rotatable bonds is 5. The molecule has 1 N–H and O–H groups in total. The van der Waals surface area contributed by atoms with Gasteiger partial charge >= 0.3 is 0 Å². The summed E-state index contributed by atoms with van der Waals surface area (Å²) in [6.45, 7) is 14.5. The highest BCUT2D eigenvalue weighted by Gasteiger charge is 2.52. The van der Waals surface area contributed by atoms with Gasteiger partial charge in [0.05, 0.1) is 31.0 Å². The second kappa shape index (κ2) is 9.86. The minimum atomic E-state index is -0.730. The van der Waals surface area contributed by atoms with E-state index < -0.39 is 23.3 Å². The van der Waals surface area contributed by atoms with E-state index in [2.05, 4.69) is 25.2 Å². The Morgan fingerprint density at radius 1 is 1.25 bits per heavy atom. The summed E-state index contributed by atoms with van der Waals surface area (Å²) in [6.07, 6.45) is 1.22. The number of amides is 2. The smallest absolute Gasteiger partial charge is 0.247 e. The fourth-order valence-electron chi connectivity index (χ4n) is 6.03. The van der Waals surface area contributed by atoms with Gasteiger partial charge in [0.15, 0.2) is 0 Å². The van der Waals surface area contributed by atoms with Crippen LogP contribution in [0.3, 0.4) is 0 Å². The fourth-order valence-corrected chi connectivity index (χ4v) is 6.03. The predicted octanol–water partition coefficient (Wildman–Crippen LogP) is 3.87. The molecule has 0 aromatic heterocycles. The highest BCUT2D eigenvalue weighted by Crippen LogP contribution is 2.53. The molecule has 36 heavy (non-hydrogen) atoms. The van der Waals surface area contributed by atoms with Crippen LogP contribution < -0.4 is 14.8 Å². The summed E-state index contributed by atoms with van der Waals surface area (Å²) >= 11 is 0. The molecule has 2 saturated heterocycles. The number of carbonyl (C=O) groups excluding carboxylic acids is 2. The van der Waals surface area contributed by atoms with Gasteiger partial charge in [0.2, 0.25) is 11.8 Å². The van der Waals surface area contributed by atoms with Crippen molar-refractivity contribution < 1.29 is 28.5 Å². The van der Waals surface area contributed by atoms with E-state index in [1.807, 2.05) is 44.7 Å². The van der Waals surface area contributed by atoms with Crippen LogP contribution in [0.1, 0.15) is 73.0 Å². The van der Waals surface area contributed by atoms with Gasteiger partial charge in [0, 0.05) is 43.5 Å². The molecular weight excluding hydrogens is 460 g/mol. The first-order chi connectivity index (χ1) is 16.8. The maximum Gasteiger partial charge on any atom is 0.247 e. The average Bonchev–Trinajstić information content (AvgIpc) is 2.79. The van der Waals surface area contributed by atoms with Crippen molar-refractivity contribution in [3.8, 4) is 11.5 Å². The van der Waals surface area contributed by atoms with Crippen molar-refractivity contribution in [1.29, 1.82) is 0 Å². The largest absolute Gasteiger partial charge is 0.497 e. The lowest BCUT2D eigenvalue weighted by Gasteiger charge is -2.53. The van der Waals surface area contributed by atoms with Crippen molar-refractivity contribution in [2.24, 2.45) is 11.8 Å². The molecule has 200 valence electrons. The molecule has 2 fully saturated rings. The Hall–Kier alpha value is -2.32. The number of benzene rings is 1. The highest BCUT2D eigenvalue weighted by molar-refractivity contribution is 5.87. The number of nitrogens with one attached hydrogen (secondary N) is 1. The van der Waals surface area contributed by atoms with E-state index in [0.29, 0.717) is 13.1 Å². The maximum absolute atomic E-state index is 13.6. The van der Waals surface area contributed by atoms with E-state index in [1.165, 1.54) is 6.92 Å². The molecule has 3 aliphatic rings. The molecule has 0 aliphatic carbocycles. The standard InChI is InChI=1S/C28H42N2O6/c1-16(35-27(3,4)5)24(29-17(2)31)26(32)30-12-11-22-18(15-30)13-21-25(34-22)20-10-9-19(33-8)14-23(20)36-28(21,6)7/h9-10,14,16,18,21-22,24-25H,11-13,15H2,1-8H3,(H,29,31)/t16-,18+,21-,22-,24+,25+/m1/s1. The van der Waals surface area contributed by atoms with Crippen LogP contribution in [0.25, 0.3) is 0 Å². The van der Waals surface area contributed by atoms with Crippen molar-refractivity contribution in [3.05, 3.63) is 23.8 Å². The topological polar surface area (TPSA) is 86.3 Å². The SMILES string of the molecule is COc1ccc2c(c1)OC(C)(C)[C@@H]1C[C@H]3CN(C(=O)[C@@H](NC(C)=O)[C@@H](C)OC(C)(C)C)CC[C@H]3O[C@@H]21. The Balaban J connectivity index is 1.51. The number of nitrogens with zero attached hydrogens (tertiary/aromatic N) is 1. The number of methoxy groups -OCH3 is 1. The van der Waals surface area contributed by atoms with E-state index in [-0.39, 0.29) is 35.9 Å². The monoisotopic (exact) mass is 502 g/mol. The number of carbonyl (C=O) groups is 2. The first kappa shape index (κ1) is 26.7. The van der Waals surface area contributed by atoms with E-state index in [1.54, 1.807) is 7.11 Å². The van der Waals surface area contributed by atoms with Crippen LogP contribution in [0.15, 0.2) is 18.2 Å². The minimum absolute atomic E-state index is 0.0505. The van der Waals surface area contributed by atoms with Gasteiger partial charge in [-0.3, -0.25) is 9.59 Å². The Bertz CT molecular complexity index is 987. The Morgan fingerprint density at radius 3 is 2.61 bits per heavy atom. The van der Waals surface area contributed by atoms with Crippen molar-refractivity contribution in [3.63, 3.8) is 0 Å². The molecule has 2 amide bonds. The average molecular weight is 503 g/mol. The van der Waals surface area contributed by atoms with Gasteiger partial charge < -0.3 is 29.2 Å². The Morgan fingerprint density at radius 2 is 1.97 bits per heavy atom. The zero-order valence-electron chi connectivity index (χ0n) is 22.9. The Labute approximate surface area is 215 Å². The van der Waals surface area contributed by atoms with Crippen LogP contribution in [0.4, 0.5) is 0 Å². The van der Waals surface area contributed by atoms with Gasteiger partial charge in [-0.2, -0.15) is 0 Å². The maximum atomic E-state index is 13.6. The molecule has 8 nitrogen and oxygen atoms in total. The van der Waals surface area contributed by atoms with E-state index >= 15 is 0 Å². The summed E-state index contributed by atoms with van der Waals surface area (Å²) in [5, 5.41) is 2.83. The number of ether oxygens (including phenoxy) is 4. The van der Waals surface area contributed by atoms with Crippen LogP contribution in [-0.2, 0) is 19.1 Å². The molecule has 0 saturated carbocycles. The summed E-state index contributed by atoms with van der Waals surface area (Å²) in [6, 6.07) is 5.21. The molecule has 4 rings (SSSR count). The molecule has 3 heterocycles. The molecule has 1 aromatic rings. The molecule has 8 heteroatoms. The summed E-state index contributed by atoms with van der Waals surface area (Å²) in [5.74, 6) is 1.60. The molecule has 3 aliphatic heterocycles. The summed E-state index contributed by atoms with van der Waals surface area (Å²) in [7, 11) is 1.65. The number of fused-ring (bicyclic) bond motifs is 4. The lowest BCUT2D eigenvalue weighted by Crippen LogP contribution is -2.60. The number of hydrogen-bond donors (Lipinski definition) is 1. The third kappa shape index (κ3) is 5.49. The van der Waals surface area contributed by atoms with Gasteiger partial charge in [-0.15, -0.1) is 0 Å². The van der Waals surface area contributed by atoms with E-state index in [4.69, 9.17) is 18.9 Å². The molecule has 0 radical (unpaired) electrons. The number of likely N-dealkylation sites (tertiary alicyclic amines) is 1. The van der Waals surface area contributed by atoms with Crippen molar-refractivity contribution in [1.82, 2.24) is 10.2 Å². The molecular formula is C28H42N2O6. The molecule has 1 aromatic carbocycles. The third-order valence-electron chi connectivity index (χ3n) is 7.65. The van der Waals surface area contributed by atoms with Gasteiger partial charge in [-0.05, 0) is 66.5 Å². The lowest BCUT2D eigenvalue weighted by atomic mass is 9.70. The van der Waals surface area contributed by atoms with Gasteiger partial charge in [0.1, 0.15) is 23.1 Å². The molecule has 0 spiro atoms. The molecule has 0 unspecified atom stereocenters. The van der Waals surface area contributed by atoms with Gasteiger partial charge in [0.25, 0.3) is 0 Å². The minimum Gasteiger partial charge on any atom is -0.497 e. The fraction of sp³-hybridized carbons (Fsp3) is 0.714. The summed E-state index contributed by atoms with van der Waals surface area (Å²) in [4.78, 5) is 27.4. The third-order valence-corrected chi connectivity index (χ3v) is 7.65. The second-order valence-electron chi connectivity index (χ2n) is 12.0. The summed E-state index contributed by atoms with van der Waals surface area (Å²) in [5.41, 5.74) is 0.216. The lowest BCUT2D eigenvalue weighted by molar-refractivity contribution is -0.190. The number of hydrogen-bond acceptors (Lipinski definition) is 6. The van der Waals surface area contributed by atoms with Crippen LogP contribution in [0.5, 0.6) is 11.5 Å². The highest BCUT2D eigenvalue weighted by atomic mass is 16.5.